The topological polar surface area (TPSA) is 78.4 Å². The fourth-order valence-corrected chi connectivity index (χ4v) is 2.13. The summed E-state index contributed by atoms with van der Waals surface area (Å²) in [6.45, 7) is 1.96. The van der Waals surface area contributed by atoms with E-state index >= 15 is 0 Å². The molecule has 0 aliphatic rings. The van der Waals surface area contributed by atoms with Crippen LogP contribution in [-0.2, 0) is 0 Å². The number of nitro benzene ring substituents is 1. The molecule has 0 aliphatic carbocycles. The summed E-state index contributed by atoms with van der Waals surface area (Å²) in [6.07, 6.45) is 0. The van der Waals surface area contributed by atoms with Crippen LogP contribution in [0.5, 0.6) is 5.75 Å². The number of aryl methyl sites for hydroxylation is 1. The van der Waals surface area contributed by atoms with Crippen molar-refractivity contribution in [3.63, 3.8) is 0 Å². The molecule has 0 atom stereocenters. The summed E-state index contributed by atoms with van der Waals surface area (Å²) in [4.78, 5) is 14.9. The van der Waals surface area contributed by atoms with Crippen molar-refractivity contribution in [2.45, 2.75) is 6.92 Å². The zero-order valence-electron chi connectivity index (χ0n) is 11.5. The Kier molecular flexibility index (Phi) is 3.06. The molecule has 6 heteroatoms. The average Bonchev–Trinajstić information content (AvgIpc) is 2.89. The van der Waals surface area contributed by atoms with Crippen LogP contribution in [0.2, 0.25) is 0 Å². The molecule has 0 N–H and O–H groups in total. The monoisotopic (exact) mass is 284 g/mol. The summed E-state index contributed by atoms with van der Waals surface area (Å²) < 4.78 is 10.6. The molecular formula is C15H12N2O4. The molecule has 0 unspecified atom stereocenters. The third kappa shape index (κ3) is 2.31. The van der Waals surface area contributed by atoms with Crippen LogP contribution in [-0.4, -0.2) is 17.0 Å². The molecule has 1 heterocycles. The molecular weight excluding hydrogens is 272 g/mol. The molecule has 6 nitrogen and oxygen atoms in total. The third-order valence-electron chi connectivity index (χ3n) is 3.17. The molecule has 0 saturated heterocycles. The Hall–Kier alpha value is -2.89. The summed E-state index contributed by atoms with van der Waals surface area (Å²) in [5.41, 5.74) is 2.87. The predicted molar refractivity (Wildman–Crippen MR) is 77.4 cm³/mol. The third-order valence-corrected chi connectivity index (χ3v) is 3.17. The first kappa shape index (κ1) is 13.1. The number of nitrogens with zero attached hydrogens (tertiary/aromatic N) is 2. The lowest BCUT2D eigenvalue weighted by Gasteiger charge is -2.02. The highest BCUT2D eigenvalue weighted by atomic mass is 16.6. The minimum absolute atomic E-state index is 0.117. The number of oxazole rings is 1. The Balaban J connectivity index is 2.13. The fraction of sp³-hybridized carbons (Fsp3) is 0.133. The van der Waals surface area contributed by atoms with Crippen LogP contribution in [0.15, 0.2) is 40.8 Å². The van der Waals surface area contributed by atoms with E-state index in [1.165, 1.54) is 19.2 Å². The van der Waals surface area contributed by atoms with Gasteiger partial charge in [-0.25, -0.2) is 4.98 Å². The lowest BCUT2D eigenvalue weighted by atomic mass is 10.2. The summed E-state index contributed by atoms with van der Waals surface area (Å²) in [6, 6.07) is 10.3. The van der Waals surface area contributed by atoms with Gasteiger partial charge in [-0.15, -0.1) is 0 Å². The van der Waals surface area contributed by atoms with Gasteiger partial charge >= 0.3 is 5.69 Å². The Morgan fingerprint density at radius 2 is 2.05 bits per heavy atom. The van der Waals surface area contributed by atoms with Crippen molar-refractivity contribution in [2.24, 2.45) is 0 Å². The van der Waals surface area contributed by atoms with Crippen LogP contribution < -0.4 is 4.74 Å². The molecule has 1 aromatic heterocycles. The second-order valence-electron chi connectivity index (χ2n) is 4.63. The molecule has 21 heavy (non-hydrogen) atoms. The van der Waals surface area contributed by atoms with E-state index in [0.29, 0.717) is 17.0 Å². The predicted octanol–water partition coefficient (Wildman–Crippen LogP) is 3.72. The minimum atomic E-state index is -0.491. The van der Waals surface area contributed by atoms with E-state index in [9.17, 15) is 10.1 Å². The van der Waals surface area contributed by atoms with Crippen LogP contribution in [0.1, 0.15) is 5.56 Å². The van der Waals surface area contributed by atoms with Gasteiger partial charge in [0.05, 0.1) is 12.0 Å². The first-order valence-corrected chi connectivity index (χ1v) is 6.28. The summed E-state index contributed by atoms with van der Waals surface area (Å²) in [7, 11) is 1.39. The second-order valence-corrected chi connectivity index (χ2v) is 4.63. The fourth-order valence-electron chi connectivity index (χ4n) is 2.13. The number of hydrogen-bond acceptors (Lipinski definition) is 5. The van der Waals surface area contributed by atoms with Gasteiger partial charge in [-0.1, -0.05) is 6.07 Å². The van der Waals surface area contributed by atoms with E-state index in [1.54, 1.807) is 6.07 Å². The van der Waals surface area contributed by atoms with Gasteiger partial charge in [0.25, 0.3) is 0 Å². The summed E-state index contributed by atoms with van der Waals surface area (Å²) in [5.74, 6) is 0.553. The van der Waals surface area contributed by atoms with Crippen molar-refractivity contribution in [3.8, 4) is 17.2 Å². The van der Waals surface area contributed by atoms with Crippen LogP contribution in [0.3, 0.4) is 0 Å². The van der Waals surface area contributed by atoms with Gasteiger partial charge in [-0.05, 0) is 36.8 Å². The molecule has 2 aromatic carbocycles. The molecule has 0 spiro atoms. The molecule has 0 amide bonds. The SMILES string of the molecule is COc1ccc(-c2nc3cc(C)ccc3o2)cc1[N+](=O)[O-]. The number of fused-ring (bicyclic) bond motifs is 1. The smallest absolute Gasteiger partial charge is 0.311 e. The number of aromatic nitrogens is 1. The quantitative estimate of drug-likeness (QED) is 0.541. The van der Waals surface area contributed by atoms with Gasteiger partial charge in [-0.3, -0.25) is 10.1 Å². The van der Waals surface area contributed by atoms with E-state index in [-0.39, 0.29) is 11.4 Å². The molecule has 3 rings (SSSR count). The van der Waals surface area contributed by atoms with Crippen LogP contribution in [0.4, 0.5) is 5.69 Å². The Morgan fingerprint density at radius 3 is 2.76 bits per heavy atom. The molecule has 0 aliphatic heterocycles. The normalized spacial score (nSPS) is 10.8. The molecule has 106 valence electrons. The average molecular weight is 284 g/mol. The summed E-state index contributed by atoms with van der Waals surface area (Å²) >= 11 is 0. The van der Waals surface area contributed by atoms with Crippen molar-refractivity contribution in [3.05, 3.63) is 52.1 Å². The number of nitro groups is 1. The van der Waals surface area contributed by atoms with E-state index in [2.05, 4.69) is 4.98 Å². The van der Waals surface area contributed by atoms with E-state index in [4.69, 9.17) is 9.15 Å². The molecule has 0 radical (unpaired) electrons. The first-order chi connectivity index (χ1) is 10.1. The van der Waals surface area contributed by atoms with Gasteiger partial charge in [-0.2, -0.15) is 0 Å². The number of benzene rings is 2. The van der Waals surface area contributed by atoms with Gasteiger partial charge in [0.2, 0.25) is 5.89 Å². The lowest BCUT2D eigenvalue weighted by Crippen LogP contribution is -1.94. The minimum Gasteiger partial charge on any atom is -0.490 e. The maximum Gasteiger partial charge on any atom is 0.311 e. The van der Waals surface area contributed by atoms with E-state index < -0.39 is 4.92 Å². The van der Waals surface area contributed by atoms with Crippen molar-refractivity contribution in [2.75, 3.05) is 7.11 Å². The highest BCUT2D eigenvalue weighted by Gasteiger charge is 2.18. The van der Waals surface area contributed by atoms with Gasteiger partial charge in [0.15, 0.2) is 11.3 Å². The highest BCUT2D eigenvalue weighted by Crippen LogP contribution is 2.33. The highest BCUT2D eigenvalue weighted by molar-refractivity contribution is 5.77. The second kappa shape index (κ2) is 4.90. The standard InChI is InChI=1S/C15H12N2O4/c1-9-3-5-13-11(7-9)16-15(21-13)10-4-6-14(20-2)12(8-10)17(18)19/h3-8H,1-2H3. The molecule has 3 aromatic rings. The largest absolute Gasteiger partial charge is 0.490 e. The van der Waals surface area contributed by atoms with Gasteiger partial charge < -0.3 is 9.15 Å². The van der Waals surface area contributed by atoms with Crippen LogP contribution >= 0.6 is 0 Å². The van der Waals surface area contributed by atoms with Crippen molar-refractivity contribution >= 4 is 16.8 Å². The van der Waals surface area contributed by atoms with Crippen molar-refractivity contribution in [1.82, 2.24) is 4.98 Å². The number of rotatable bonds is 3. The van der Waals surface area contributed by atoms with Gasteiger partial charge in [0.1, 0.15) is 5.52 Å². The van der Waals surface area contributed by atoms with E-state index in [0.717, 1.165) is 11.1 Å². The summed E-state index contributed by atoms with van der Waals surface area (Å²) in [5, 5.41) is 11.1. The zero-order chi connectivity index (χ0) is 15.0. The van der Waals surface area contributed by atoms with Gasteiger partial charge in [0, 0.05) is 11.6 Å². The molecule has 0 fully saturated rings. The lowest BCUT2D eigenvalue weighted by molar-refractivity contribution is -0.385. The Bertz CT molecular complexity index is 839. The van der Waals surface area contributed by atoms with Crippen LogP contribution in [0, 0.1) is 17.0 Å². The molecule has 0 saturated carbocycles. The van der Waals surface area contributed by atoms with Crippen LogP contribution in [0.25, 0.3) is 22.6 Å². The zero-order valence-corrected chi connectivity index (χ0v) is 11.5. The Labute approximate surface area is 120 Å². The molecule has 0 bridgehead atoms. The number of hydrogen-bond donors (Lipinski definition) is 0. The maximum atomic E-state index is 11.1. The van der Waals surface area contributed by atoms with E-state index in [1.807, 2.05) is 25.1 Å². The Morgan fingerprint density at radius 1 is 1.24 bits per heavy atom. The van der Waals surface area contributed by atoms with Crippen molar-refractivity contribution in [1.29, 1.82) is 0 Å². The first-order valence-electron chi connectivity index (χ1n) is 6.28. The number of methoxy groups -OCH3 is 1. The maximum absolute atomic E-state index is 11.1. The van der Waals surface area contributed by atoms with Crippen molar-refractivity contribution < 1.29 is 14.1 Å². The number of ether oxygens (including phenoxy) is 1.